The number of nitrogens with one attached hydrogen (secondary N) is 1. The van der Waals surface area contributed by atoms with Gasteiger partial charge in [-0.3, -0.25) is 9.89 Å². The van der Waals surface area contributed by atoms with Crippen LogP contribution in [-0.4, -0.2) is 20.5 Å². The SMILES string of the molecule is NC(=O)c1c(-c2ccc(Oc3ccccc3)cc2)[nH]n2c1nc1cc(N)ccc12. The fraction of sp³-hybridized carbons (Fsp3) is 0. The molecule has 2 aromatic heterocycles. The van der Waals surface area contributed by atoms with Crippen molar-refractivity contribution >= 4 is 28.3 Å². The molecule has 0 aliphatic carbocycles. The first-order valence-electron chi connectivity index (χ1n) is 9.03. The topological polar surface area (TPSA) is 111 Å². The van der Waals surface area contributed by atoms with Gasteiger partial charge in [0.2, 0.25) is 0 Å². The Kier molecular flexibility index (Phi) is 3.74. The summed E-state index contributed by atoms with van der Waals surface area (Å²) in [5.74, 6) is 0.888. The largest absolute Gasteiger partial charge is 0.457 e. The van der Waals surface area contributed by atoms with E-state index in [1.54, 1.807) is 16.6 Å². The predicted octanol–water partition coefficient (Wildman–Crippen LogP) is 3.96. The fourth-order valence-electron chi connectivity index (χ4n) is 3.41. The lowest BCUT2D eigenvalue weighted by atomic mass is 10.1. The Morgan fingerprint density at radius 3 is 2.41 bits per heavy atom. The first kappa shape index (κ1) is 16.9. The predicted molar refractivity (Wildman–Crippen MR) is 112 cm³/mol. The average Bonchev–Trinajstić information content (AvgIpc) is 3.24. The van der Waals surface area contributed by atoms with Crippen LogP contribution in [0.2, 0.25) is 0 Å². The number of para-hydroxylation sites is 1. The number of benzene rings is 3. The van der Waals surface area contributed by atoms with Gasteiger partial charge in [0.1, 0.15) is 17.1 Å². The number of carbonyl (C=O) groups excluding carboxylic acids is 1. The summed E-state index contributed by atoms with van der Waals surface area (Å²) in [6.07, 6.45) is 0. The van der Waals surface area contributed by atoms with E-state index < -0.39 is 5.91 Å². The van der Waals surface area contributed by atoms with Crippen LogP contribution in [0.5, 0.6) is 11.5 Å². The van der Waals surface area contributed by atoms with Crippen LogP contribution in [0.25, 0.3) is 27.9 Å². The van der Waals surface area contributed by atoms with Crippen molar-refractivity contribution in [1.82, 2.24) is 14.6 Å². The molecular weight excluding hydrogens is 366 g/mol. The molecule has 0 aliphatic heterocycles. The molecule has 0 spiro atoms. The highest BCUT2D eigenvalue weighted by Gasteiger charge is 2.21. The second-order valence-corrected chi connectivity index (χ2v) is 6.68. The second-order valence-electron chi connectivity index (χ2n) is 6.68. The van der Waals surface area contributed by atoms with Gasteiger partial charge in [-0.15, -0.1) is 0 Å². The molecule has 0 unspecified atom stereocenters. The molecule has 142 valence electrons. The highest BCUT2D eigenvalue weighted by atomic mass is 16.5. The van der Waals surface area contributed by atoms with Gasteiger partial charge in [-0.1, -0.05) is 18.2 Å². The number of primary amides is 1. The maximum Gasteiger partial charge on any atom is 0.254 e. The highest BCUT2D eigenvalue weighted by Crippen LogP contribution is 2.31. The fourth-order valence-corrected chi connectivity index (χ4v) is 3.41. The van der Waals surface area contributed by atoms with E-state index in [1.165, 1.54) is 0 Å². The number of anilines is 1. The van der Waals surface area contributed by atoms with Crippen molar-refractivity contribution in [2.24, 2.45) is 5.73 Å². The molecule has 0 bridgehead atoms. The van der Waals surface area contributed by atoms with Gasteiger partial charge in [-0.05, 0) is 54.6 Å². The van der Waals surface area contributed by atoms with E-state index >= 15 is 0 Å². The molecule has 5 aromatic rings. The van der Waals surface area contributed by atoms with Crippen molar-refractivity contribution in [3.05, 3.63) is 78.4 Å². The van der Waals surface area contributed by atoms with Crippen LogP contribution in [0.15, 0.2) is 72.8 Å². The third kappa shape index (κ3) is 2.85. The minimum atomic E-state index is -0.556. The molecule has 2 heterocycles. The Labute approximate surface area is 165 Å². The Morgan fingerprint density at radius 1 is 0.966 bits per heavy atom. The van der Waals surface area contributed by atoms with Gasteiger partial charge >= 0.3 is 0 Å². The summed E-state index contributed by atoms with van der Waals surface area (Å²) in [5.41, 5.74) is 15.8. The summed E-state index contributed by atoms with van der Waals surface area (Å²) in [7, 11) is 0. The van der Waals surface area contributed by atoms with E-state index in [9.17, 15) is 4.79 Å². The molecule has 29 heavy (non-hydrogen) atoms. The number of aromatic nitrogens is 3. The number of fused-ring (bicyclic) bond motifs is 3. The molecule has 3 aromatic carbocycles. The van der Waals surface area contributed by atoms with Crippen molar-refractivity contribution in [1.29, 1.82) is 0 Å². The van der Waals surface area contributed by atoms with E-state index in [0.717, 1.165) is 16.8 Å². The van der Waals surface area contributed by atoms with Crippen LogP contribution in [0, 0.1) is 0 Å². The van der Waals surface area contributed by atoms with Crippen molar-refractivity contribution < 1.29 is 9.53 Å². The Hall–Kier alpha value is -4.26. The van der Waals surface area contributed by atoms with Gasteiger partial charge in [0.25, 0.3) is 5.91 Å². The maximum absolute atomic E-state index is 12.2. The van der Waals surface area contributed by atoms with Crippen LogP contribution in [-0.2, 0) is 0 Å². The number of nitrogens with two attached hydrogens (primary N) is 2. The highest BCUT2D eigenvalue weighted by molar-refractivity contribution is 6.06. The van der Waals surface area contributed by atoms with Crippen molar-refractivity contribution in [3.63, 3.8) is 0 Å². The van der Waals surface area contributed by atoms with E-state index in [1.807, 2.05) is 60.7 Å². The zero-order chi connectivity index (χ0) is 20.0. The van der Waals surface area contributed by atoms with Crippen molar-refractivity contribution in [3.8, 4) is 22.8 Å². The summed E-state index contributed by atoms with van der Waals surface area (Å²) >= 11 is 0. The molecule has 0 saturated heterocycles. The number of hydrogen-bond donors (Lipinski definition) is 3. The van der Waals surface area contributed by atoms with E-state index in [-0.39, 0.29) is 0 Å². The normalized spacial score (nSPS) is 11.2. The van der Waals surface area contributed by atoms with Gasteiger partial charge in [-0.2, -0.15) is 0 Å². The molecule has 0 aliphatic rings. The molecule has 0 fully saturated rings. The minimum absolute atomic E-state index is 0.330. The van der Waals surface area contributed by atoms with Crippen LogP contribution in [0.4, 0.5) is 5.69 Å². The third-order valence-electron chi connectivity index (χ3n) is 4.74. The molecule has 7 heteroatoms. The first-order chi connectivity index (χ1) is 14.1. The summed E-state index contributed by atoms with van der Waals surface area (Å²) in [6, 6.07) is 22.4. The summed E-state index contributed by atoms with van der Waals surface area (Å²) in [5, 5.41) is 3.25. The minimum Gasteiger partial charge on any atom is -0.457 e. The van der Waals surface area contributed by atoms with Gasteiger partial charge in [-0.25, -0.2) is 9.50 Å². The Balaban J connectivity index is 1.59. The van der Waals surface area contributed by atoms with E-state index in [4.69, 9.17) is 16.2 Å². The van der Waals surface area contributed by atoms with Crippen molar-refractivity contribution in [2.45, 2.75) is 0 Å². The number of amides is 1. The number of carbonyl (C=O) groups is 1. The number of imidazole rings is 1. The molecule has 5 N–H and O–H groups in total. The zero-order valence-electron chi connectivity index (χ0n) is 15.3. The number of nitrogen functional groups attached to an aromatic ring is 1. The number of hydrogen-bond acceptors (Lipinski definition) is 4. The lowest BCUT2D eigenvalue weighted by Gasteiger charge is -2.07. The first-order valence-corrected chi connectivity index (χ1v) is 9.03. The Bertz CT molecular complexity index is 1350. The number of nitrogens with zero attached hydrogens (tertiary/aromatic N) is 2. The van der Waals surface area contributed by atoms with Crippen LogP contribution in [0.1, 0.15) is 10.4 Å². The van der Waals surface area contributed by atoms with Gasteiger partial charge in [0.15, 0.2) is 5.65 Å². The molecule has 1 amide bonds. The lowest BCUT2D eigenvalue weighted by Crippen LogP contribution is -2.12. The molecule has 0 saturated carbocycles. The second kappa shape index (κ2) is 6.42. The lowest BCUT2D eigenvalue weighted by molar-refractivity contribution is 0.100. The zero-order valence-corrected chi connectivity index (χ0v) is 15.3. The van der Waals surface area contributed by atoms with Gasteiger partial charge in [0, 0.05) is 11.3 Å². The molecule has 7 nitrogen and oxygen atoms in total. The third-order valence-corrected chi connectivity index (χ3v) is 4.74. The van der Waals surface area contributed by atoms with Crippen LogP contribution >= 0.6 is 0 Å². The van der Waals surface area contributed by atoms with Crippen LogP contribution in [0.3, 0.4) is 0 Å². The van der Waals surface area contributed by atoms with Crippen molar-refractivity contribution in [2.75, 3.05) is 5.73 Å². The molecular formula is C22H17N5O2. The number of H-pyrrole nitrogens is 1. The smallest absolute Gasteiger partial charge is 0.254 e. The summed E-state index contributed by atoms with van der Waals surface area (Å²) in [6.45, 7) is 0. The van der Waals surface area contributed by atoms with Gasteiger partial charge in [0.05, 0.1) is 16.7 Å². The number of rotatable bonds is 4. The van der Waals surface area contributed by atoms with Crippen LogP contribution < -0.4 is 16.2 Å². The number of aromatic amines is 1. The van der Waals surface area contributed by atoms with E-state index in [0.29, 0.717) is 33.9 Å². The quantitative estimate of drug-likeness (QED) is 0.408. The summed E-state index contributed by atoms with van der Waals surface area (Å²) in [4.78, 5) is 16.8. The standard InChI is InChI=1S/C22H17N5O2/c23-14-8-11-18-17(12-14)25-22-19(21(24)28)20(26-27(18)22)13-6-9-16(10-7-13)29-15-4-2-1-3-5-15/h1-12,26H,23H2,(H2,24,28). The Morgan fingerprint density at radius 2 is 1.69 bits per heavy atom. The maximum atomic E-state index is 12.2. The summed E-state index contributed by atoms with van der Waals surface area (Å²) < 4.78 is 7.58. The molecule has 5 rings (SSSR count). The molecule has 0 radical (unpaired) electrons. The number of ether oxygens (including phenoxy) is 1. The average molecular weight is 383 g/mol. The monoisotopic (exact) mass is 383 g/mol. The molecule has 0 atom stereocenters. The van der Waals surface area contributed by atoms with E-state index in [2.05, 4.69) is 10.1 Å². The van der Waals surface area contributed by atoms with Gasteiger partial charge < -0.3 is 16.2 Å².